The van der Waals surface area contributed by atoms with Crippen LogP contribution in [0.4, 0.5) is 8.78 Å². The van der Waals surface area contributed by atoms with Crippen molar-refractivity contribution in [2.24, 2.45) is 5.73 Å². The van der Waals surface area contributed by atoms with Crippen LogP contribution in [0.3, 0.4) is 0 Å². The van der Waals surface area contributed by atoms with E-state index in [0.717, 1.165) is 6.07 Å². The Labute approximate surface area is 123 Å². The van der Waals surface area contributed by atoms with Gasteiger partial charge in [0.25, 0.3) is 0 Å². The summed E-state index contributed by atoms with van der Waals surface area (Å²) >= 11 is 0. The minimum Gasteiger partial charge on any atom is -0.480 e. The van der Waals surface area contributed by atoms with Crippen molar-refractivity contribution in [2.75, 3.05) is 6.61 Å². The van der Waals surface area contributed by atoms with Crippen molar-refractivity contribution in [2.45, 2.75) is 24.2 Å². The maximum Gasteiger partial charge on any atom is 0.399 e. The summed E-state index contributed by atoms with van der Waals surface area (Å²) in [6.07, 6.45) is -0.787. The first kappa shape index (κ1) is 17.0. The van der Waals surface area contributed by atoms with Crippen LogP contribution in [0.15, 0.2) is 18.2 Å². The molecule has 0 amide bonds. The Kier molecular flexibility index (Phi) is 4.38. The topological polar surface area (TPSA) is 133 Å². The van der Waals surface area contributed by atoms with E-state index in [9.17, 15) is 18.1 Å². The first-order valence-corrected chi connectivity index (χ1v) is 7.82. The number of hydrogen-bond donors (Lipinski definition) is 4. The third kappa shape index (κ3) is 3.34. The molecule has 2 rings (SSSR count). The molecule has 1 fully saturated rings. The maximum atomic E-state index is 13.9. The van der Waals surface area contributed by atoms with E-state index in [0.29, 0.717) is 5.56 Å². The highest BCUT2D eigenvalue weighted by molar-refractivity contribution is 7.52. The number of carboxylic acids is 1. The Hall–Kier alpha value is -1.38. The van der Waals surface area contributed by atoms with Crippen molar-refractivity contribution in [3.8, 4) is 0 Å². The van der Waals surface area contributed by atoms with Gasteiger partial charge in [-0.15, -0.1) is 0 Å². The van der Waals surface area contributed by atoms with Crippen molar-refractivity contribution in [3.63, 3.8) is 0 Å². The zero-order chi connectivity index (χ0) is 16.7. The van der Waals surface area contributed by atoms with Crippen LogP contribution in [0.2, 0.25) is 0 Å². The average Bonchev–Trinajstić information content (AvgIpc) is 3.21. The quantitative estimate of drug-likeness (QED) is 0.448. The number of ether oxygens (including phenoxy) is 1. The maximum absolute atomic E-state index is 13.9. The second-order valence-corrected chi connectivity index (χ2v) is 6.63. The van der Waals surface area contributed by atoms with E-state index in [1.165, 1.54) is 12.1 Å². The van der Waals surface area contributed by atoms with E-state index in [-0.39, 0.29) is 18.6 Å². The van der Waals surface area contributed by atoms with Crippen LogP contribution in [0, 0.1) is 0 Å². The second-order valence-electron chi connectivity index (χ2n) is 4.98. The Balaban J connectivity index is 2.41. The number of rotatable bonds is 6. The van der Waals surface area contributed by atoms with Crippen molar-refractivity contribution in [3.05, 3.63) is 34.9 Å². The number of hydrogen-bond acceptors (Lipinski definition) is 4. The normalized spacial score (nSPS) is 19.8. The molecule has 1 saturated heterocycles. The number of carboxylic acid groups (broad SMARTS) is 1. The van der Waals surface area contributed by atoms with E-state index in [4.69, 9.17) is 25.4 Å². The molecule has 22 heavy (non-hydrogen) atoms. The van der Waals surface area contributed by atoms with Gasteiger partial charge in [0.15, 0.2) is 0 Å². The van der Waals surface area contributed by atoms with Gasteiger partial charge in [-0.05, 0) is 17.5 Å². The first-order chi connectivity index (χ1) is 10.0. The lowest BCUT2D eigenvalue weighted by atomic mass is 9.98. The molecule has 2 atom stereocenters. The summed E-state index contributed by atoms with van der Waals surface area (Å²) in [5, 5.41) is 8.75. The van der Waals surface area contributed by atoms with Crippen LogP contribution in [0.1, 0.15) is 22.8 Å². The van der Waals surface area contributed by atoms with Crippen LogP contribution < -0.4 is 5.73 Å². The third-order valence-electron chi connectivity index (χ3n) is 3.26. The molecule has 1 aromatic carbocycles. The van der Waals surface area contributed by atoms with Crippen LogP contribution in [0.25, 0.3) is 0 Å². The molecular formula is C12H14F2NO6P. The van der Waals surface area contributed by atoms with Gasteiger partial charge >= 0.3 is 19.2 Å². The summed E-state index contributed by atoms with van der Waals surface area (Å²) in [5.74, 6) is -1.24. The van der Waals surface area contributed by atoms with Gasteiger partial charge in [0.2, 0.25) is 0 Å². The van der Waals surface area contributed by atoms with Crippen LogP contribution in [-0.2, 0) is 26.2 Å². The Morgan fingerprint density at radius 2 is 2.09 bits per heavy atom. The molecule has 1 aliphatic rings. The van der Waals surface area contributed by atoms with Gasteiger partial charge in [0, 0.05) is 5.56 Å². The van der Waals surface area contributed by atoms with Crippen molar-refractivity contribution < 1.29 is 37.8 Å². The van der Waals surface area contributed by atoms with Crippen molar-refractivity contribution >= 4 is 13.6 Å². The second kappa shape index (κ2) is 5.68. The Bertz CT molecular complexity index is 643. The highest BCUT2D eigenvalue weighted by Crippen LogP contribution is 2.60. The third-order valence-corrected chi connectivity index (χ3v) is 4.23. The molecule has 5 N–H and O–H groups in total. The lowest BCUT2D eigenvalue weighted by Crippen LogP contribution is -2.32. The van der Waals surface area contributed by atoms with Gasteiger partial charge in [-0.3, -0.25) is 9.36 Å². The van der Waals surface area contributed by atoms with Gasteiger partial charge in [-0.1, -0.05) is 18.2 Å². The molecule has 122 valence electrons. The fourth-order valence-electron chi connectivity index (χ4n) is 2.01. The molecule has 2 unspecified atom stereocenters. The van der Waals surface area contributed by atoms with Crippen LogP contribution >= 0.6 is 7.60 Å². The molecule has 0 spiro atoms. The zero-order valence-corrected chi connectivity index (χ0v) is 12.0. The van der Waals surface area contributed by atoms with Gasteiger partial charge in [-0.25, -0.2) is 0 Å². The molecule has 1 aliphatic heterocycles. The summed E-state index contributed by atoms with van der Waals surface area (Å²) in [5.41, 5.74) is 0.511. The number of halogens is 2. The molecule has 0 aromatic heterocycles. The largest absolute Gasteiger partial charge is 0.480 e. The first-order valence-electron chi connectivity index (χ1n) is 6.21. The number of benzene rings is 1. The molecule has 7 nitrogen and oxygen atoms in total. The summed E-state index contributed by atoms with van der Waals surface area (Å²) in [6, 6.07) is 2.09. The lowest BCUT2D eigenvalue weighted by Gasteiger charge is -2.21. The fourth-order valence-corrected chi connectivity index (χ4v) is 2.52. The van der Waals surface area contributed by atoms with Gasteiger partial charge < -0.3 is 25.4 Å². The molecule has 10 heteroatoms. The minimum absolute atomic E-state index is 0.0663. The van der Waals surface area contributed by atoms with E-state index >= 15 is 0 Å². The SMILES string of the molecule is NC(Cc1ccc(C(F)(F)P(=O)(O)O)c(C2CO2)c1)C(=O)O. The molecule has 0 bridgehead atoms. The average molecular weight is 337 g/mol. The lowest BCUT2D eigenvalue weighted by molar-refractivity contribution is -0.138. The zero-order valence-electron chi connectivity index (χ0n) is 11.1. The van der Waals surface area contributed by atoms with E-state index < -0.39 is 36.9 Å². The Morgan fingerprint density at radius 3 is 2.55 bits per heavy atom. The molecule has 1 aromatic rings. The highest BCUT2D eigenvalue weighted by Gasteiger charge is 2.52. The molecule has 0 aliphatic carbocycles. The van der Waals surface area contributed by atoms with Gasteiger partial charge in [0.1, 0.15) is 12.1 Å². The number of carbonyl (C=O) groups is 1. The smallest absolute Gasteiger partial charge is 0.399 e. The standard InChI is InChI=1S/C12H14F2NO6P/c13-12(14,22(18,19)20)8-2-1-6(4-9(15)11(16)17)3-7(8)10-5-21-10/h1-3,9-10H,4-5,15H2,(H,16,17)(H2,18,19,20). The predicted octanol–water partition coefficient (Wildman–Crippen LogP) is 0.939. The Morgan fingerprint density at radius 1 is 1.50 bits per heavy atom. The van der Waals surface area contributed by atoms with E-state index in [2.05, 4.69) is 0 Å². The van der Waals surface area contributed by atoms with Crippen molar-refractivity contribution in [1.29, 1.82) is 0 Å². The number of aliphatic carboxylic acids is 1. The van der Waals surface area contributed by atoms with Crippen LogP contribution in [-0.4, -0.2) is 33.5 Å². The minimum atomic E-state index is -5.70. The van der Waals surface area contributed by atoms with Gasteiger partial charge in [0.05, 0.1) is 6.61 Å². The fraction of sp³-hybridized carbons (Fsp3) is 0.417. The van der Waals surface area contributed by atoms with E-state index in [1.807, 2.05) is 0 Å². The summed E-state index contributed by atoms with van der Waals surface area (Å²) < 4.78 is 43.7. The number of nitrogens with two attached hydrogens (primary N) is 1. The summed E-state index contributed by atoms with van der Waals surface area (Å²) in [6.45, 7) is 0.151. The van der Waals surface area contributed by atoms with Crippen molar-refractivity contribution in [1.82, 2.24) is 0 Å². The number of epoxide rings is 1. The summed E-state index contributed by atoms with van der Waals surface area (Å²) in [7, 11) is -5.70. The molecular weight excluding hydrogens is 323 g/mol. The summed E-state index contributed by atoms with van der Waals surface area (Å²) in [4.78, 5) is 28.4. The van der Waals surface area contributed by atoms with E-state index in [1.54, 1.807) is 0 Å². The van der Waals surface area contributed by atoms with Gasteiger partial charge in [-0.2, -0.15) is 8.78 Å². The molecule has 1 heterocycles. The highest BCUT2D eigenvalue weighted by atomic mass is 31.2. The monoisotopic (exact) mass is 337 g/mol. The van der Waals surface area contributed by atoms with Crippen LogP contribution in [0.5, 0.6) is 0 Å². The predicted molar refractivity (Wildman–Crippen MR) is 70.4 cm³/mol. The number of alkyl halides is 2. The molecule has 0 radical (unpaired) electrons. The molecule has 0 saturated carbocycles.